The fourth-order valence-corrected chi connectivity index (χ4v) is 2.57. The van der Waals surface area contributed by atoms with Crippen molar-refractivity contribution in [1.29, 1.82) is 0 Å². The zero-order valence-electron chi connectivity index (χ0n) is 17.2. The maximum absolute atomic E-state index is 13.3. The summed E-state index contributed by atoms with van der Waals surface area (Å²) < 4.78 is 22.0. The van der Waals surface area contributed by atoms with E-state index in [0.29, 0.717) is 17.2 Å². The van der Waals surface area contributed by atoms with Crippen LogP contribution in [0, 0.1) is 0 Å². The van der Waals surface area contributed by atoms with E-state index in [2.05, 4.69) is 0 Å². The van der Waals surface area contributed by atoms with Crippen molar-refractivity contribution in [1.82, 2.24) is 0 Å². The van der Waals surface area contributed by atoms with Crippen molar-refractivity contribution in [3.8, 4) is 17.2 Å². The summed E-state index contributed by atoms with van der Waals surface area (Å²) in [6.07, 6.45) is 4.37. The number of ketones is 1. The minimum absolute atomic E-state index is 0.0643. The van der Waals surface area contributed by atoms with Crippen LogP contribution < -0.4 is 18.8 Å². The van der Waals surface area contributed by atoms with Crippen LogP contribution in [-0.2, 0) is 9.53 Å². The van der Waals surface area contributed by atoms with Crippen molar-refractivity contribution in [2.45, 2.75) is 6.92 Å². The van der Waals surface area contributed by atoms with Crippen LogP contribution in [0.4, 0.5) is 0 Å². The zero-order chi connectivity index (χ0) is 22.1. The van der Waals surface area contributed by atoms with Crippen LogP contribution in [0.1, 0.15) is 17.3 Å². The Balaban J connectivity index is 2.60. The maximum Gasteiger partial charge on any atom is 0.344 e. The van der Waals surface area contributed by atoms with Crippen LogP contribution in [0.2, 0.25) is 0 Å². The number of hydrogen-bond donors (Lipinski definition) is 0. The monoisotopic (exact) mass is 410 g/mol. The second-order valence-electron chi connectivity index (χ2n) is 5.82. The third-order valence-electron chi connectivity index (χ3n) is 4.09. The van der Waals surface area contributed by atoms with Gasteiger partial charge in [-0.1, -0.05) is 0 Å². The predicted molar refractivity (Wildman–Crippen MR) is 110 cm³/mol. The Morgan fingerprint density at radius 3 is 2.23 bits per heavy atom. The van der Waals surface area contributed by atoms with Crippen molar-refractivity contribution in [2.75, 3.05) is 27.9 Å². The SMILES string of the molecule is CCOC(=O)C(=C=[N-])/C=C(/C(=O)c1ccc(OC)c(OC)c1)[n+]1ccc(OC)cc1. The lowest BCUT2D eigenvalue weighted by Crippen LogP contribution is -2.36. The molecule has 0 N–H and O–H groups in total. The van der Waals surface area contributed by atoms with Crippen molar-refractivity contribution in [3.63, 3.8) is 0 Å². The molecule has 0 atom stereocenters. The molecular formula is C22H22N2O6. The quantitative estimate of drug-likeness (QED) is 0.157. The van der Waals surface area contributed by atoms with Gasteiger partial charge in [-0.3, -0.25) is 10.7 Å². The molecule has 0 radical (unpaired) electrons. The van der Waals surface area contributed by atoms with Gasteiger partial charge in [-0.25, -0.2) is 4.79 Å². The van der Waals surface area contributed by atoms with Gasteiger partial charge in [-0.2, -0.15) is 4.57 Å². The summed E-state index contributed by atoms with van der Waals surface area (Å²) in [7, 11) is 4.47. The van der Waals surface area contributed by atoms with E-state index in [1.165, 1.54) is 38.0 Å². The van der Waals surface area contributed by atoms with Gasteiger partial charge in [0.05, 0.1) is 33.5 Å². The molecule has 8 nitrogen and oxygen atoms in total. The first-order valence-corrected chi connectivity index (χ1v) is 8.97. The molecule has 0 saturated carbocycles. The summed E-state index contributed by atoms with van der Waals surface area (Å²) in [5, 5.41) is 9.39. The van der Waals surface area contributed by atoms with E-state index in [4.69, 9.17) is 18.9 Å². The Bertz CT molecular complexity index is 1000. The molecule has 0 aliphatic carbocycles. The van der Waals surface area contributed by atoms with E-state index in [-0.39, 0.29) is 23.4 Å². The fraction of sp³-hybridized carbons (Fsp3) is 0.227. The minimum atomic E-state index is -0.813. The average molecular weight is 410 g/mol. The Kier molecular flexibility index (Phi) is 7.90. The van der Waals surface area contributed by atoms with Crippen LogP contribution in [-0.4, -0.2) is 45.6 Å². The van der Waals surface area contributed by atoms with Gasteiger partial charge in [0.15, 0.2) is 23.9 Å². The Hall–Kier alpha value is -3.90. The molecule has 0 spiro atoms. The molecule has 1 aromatic heterocycles. The van der Waals surface area contributed by atoms with Crippen molar-refractivity contribution in [3.05, 3.63) is 65.3 Å². The second-order valence-corrected chi connectivity index (χ2v) is 5.82. The number of Topliss-reactive ketones (excluding diaryl/α,β-unsaturated/α-hetero) is 1. The zero-order valence-corrected chi connectivity index (χ0v) is 17.2. The molecule has 1 heterocycles. The van der Waals surface area contributed by atoms with Crippen LogP contribution in [0.25, 0.3) is 11.1 Å². The van der Waals surface area contributed by atoms with Gasteiger partial charge < -0.3 is 24.4 Å². The lowest BCUT2D eigenvalue weighted by atomic mass is 10.0. The Morgan fingerprint density at radius 1 is 1.03 bits per heavy atom. The molecule has 0 fully saturated rings. The van der Waals surface area contributed by atoms with Crippen molar-refractivity contribution < 1.29 is 33.1 Å². The molecule has 156 valence electrons. The fourth-order valence-electron chi connectivity index (χ4n) is 2.57. The van der Waals surface area contributed by atoms with Crippen LogP contribution in [0.3, 0.4) is 0 Å². The van der Waals surface area contributed by atoms with E-state index in [1.807, 2.05) is 0 Å². The molecule has 0 unspecified atom stereocenters. The standard InChI is InChI=1S/C22H22N2O6/c1-5-30-22(26)16(14-23)12-18(24-10-8-17(27-2)9-11-24)21(25)15-6-7-19(28-3)20(13-15)29-4/h6-13H,5H2,1-4H3/b18-12-. The Morgan fingerprint density at radius 2 is 1.70 bits per heavy atom. The number of carbonyl (C=O) groups excluding carboxylic acids is 2. The molecule has 0 aliphatic rings. The van der Waals surface area contributed by atoms with E-state index >= 15 is 0 Å². The first-order chi connectivity index (χ1) is 14.5. The first kappa shape index (κ1) is 22.4. The number of ether oxygens (including phenoxy) is 4. The number of aromatic nitrogens is 1. The third-order valence-corrected chi connectivity index (χ3v) is 4.09. The highest BCUT2D eigenvalue weighted by Crippen LogP contribution is 2.28. The van der Waals surface area contributed by atoms with Gasteiger partial charge in [0.1, 0.15) is 5.75 Å². The van der Waals surface area contributed by atoms with Gasteiger partial charge in [0.2, 0.25) is 0 Å². The number of methoxy groups -OCH3 is 3. The molecule has 8 heteroatoms. The summed E-state index contributed by atoms with van der Waals surface area (Å²) in [4.78, 5) is 25.4. The first-order valence-electron chi connectivity index (χ1n) is 8.97. The average Bonchev–Trinajstić information content (AvgIpc) is 2.79. The van der Waals surface area contributed by atoms with Crippen molar-refractivity contribution >= 4 is 23.3 Å². The number of hydrogen-bond acceptors (Lipinski definition) is 6. The predicted octanol–water partition coefficient (Wildman–Crippen LogP) is 2.45. The lowest BCUT2D eigenvalue weighted by molar-refractivity contribution is -0.576. The van der Waals surface area contributed by atoms with Gasteiger partial charge in [0, 0.05) is 23.8 Å². The van der Waals surface area contributed by atoms with Crippen LogP contribution in [0.5, 0.6) is 17.2 Å². The molecule has 0 aliphatic heterocycles. The van der Waals surface area contributed by atoms with E-state index in [1.54, 1.807) is 49.5 Å². The minimum Gasteiger partial charge on any atom is -0.763 e. The lowest BCUT2D eigenvalue weighted by Gasteiger charge is -2.09. The summed E-state index contributed by atoms with van der Waals surface area (Å²) in [5.74, 6) is 1.95. The Labute approximate surface area is 174 Å². The smallest absolute Gasteiger partial charge is 0.344 e. The van der Waals surface area contributed by atoms with Crippen LogP contribution in [0.15, 0.2) is 54.4 Å². The maximum atomic E-state index is 13.3. The summed E-state index contributed by atoms with van der Waals surface area (Å²) in [6.45, 7) is 1.73. The van der Waals surface area contributed by atoms with Crippen LogP contribution >= 0.6 is 0 Å². The highest BCUT2D eigenvalue weighted by atomic mass is 16.5. The van der Waals surface area contributed by atoms with E-state index < -0.39 is 11.8 Å². The number of carbonyl (C=O) groups is 2. The largest absolute Gasteiger partial charge is 0.763 e. The highest BCUT2D eigenvalue weighted by molar-refractivity contribution is 6.23. The number of pyridine rings is 1. The van der Waals surface area contributed by atoms with Gasteiger partial charge >= 0.3 is 5.97 Å². The number of nitrogens with zero attached hydrogens (tertiary/aromatic N) is 2. The number of benzene rings is 1. The second kappa shape index (κ2) is 10.6. The molecule has 30 heavy (non-hydrogen) atoms. The summed E-state index contributed by atoms with van der Waals surface area (Å²) >= 11 is 0. The van der Waals surface area contributed by atoms with E-state index in [0.717, 1.165) is 0 Å². The molecule has 0 amide bonds. The normalized spacial score (nSPS) is 10.6. The number of rotatable bonds is 9. The molecule has 2 aromatic rings. The summed E-state index contributed by atoms with van der Waals surface area (Å²) in [5.41, 5.74) is 0.0434. The number of allylic oxidation sites excluding steroid dienone is 1. The highest BCUT2D eigenvalue weighted by Gasteiger charge is 2.25. The van der Waals surface area contributed by atoms with Gasteiger partial charge in [-0.15, -0.1) is 0 Å². The molecule has 0 bridgehead atoms. The van der Waals surface area contributed by atoms with Crippen molar-refractivity contribution in [2.24, 2.45) is 0 Å². The molecule has 0 saturated heterocycles. The van der Waals surface area contributed by atoms with Gasteiger partial charge in [0.25, 0.3) is 11.5 Å². The van der Waals surface area contributed by atoms with Gasteiger partial charge in [-0.05, 0) is 25.1 Å². The molecule has 2 rings (SSSR count). The molecular weight excluding hydrogens is 388 g/mol. The number of esters is 1. The third kappa shape index (κ3) is 5.12. The van der Waals surface area contributed by atoms with E-state index in [9.17, 15) is 15.0 Å². The molecule has 1 aromatic carbocycles. The summed E-state index contributed by atoms with van der Waals surface area (Å²) in [6, 6.07) is 7.98. The topological polar surface area (TPSA) is 97.2 Å².